The van der Waals surface area contributed by atoms with Crippen molar-refractivity contribution in [3.05, 3.63) is 23.2 Å². The smallest absolute Gasteiger partial charge is 0.387 e. The van der Waals surface area contributed by atoms with Crippen molar-refractivity contribution in [2.45, 2.75) is 13.0 Å². The van der Waals surface area contributed by atoms with Crippen LogP contribution in [-0.2, 0) is 9.59 Å². The van der Waals surface area contributed by atoms with E-state index in [0.717, 1.165) is 0 Å². The Hall–Kier alpha value is -1.89. The van der Waals surface area contributed by atoms with Crippen LogP contribution in [0.15, 0.2) is 18.2 Å². The molecule has 2 rings (SSSR count). The first-order valence-corrected chi connectivity index (χ1v) is 6.15. The second kappa shape index (κ2) is 6.04. The Morgan fingerprint density at radius 1 is 1.50 bits per heavy atom. The molecule has 0 bridgehead atoms. The molecule has 1 saturated heterocycles. The number of nitrogens with one attached hydrogen (secondary N) is 2. The van der Waals surface area contributed by atoms with Crippen LogP contribution in [-0.4, -0.2) is 25.0 Å². The normalized spacial score (nSPS) is 18.0. The van der Waals surface area contributed by atoms with Gasteiger partial charge in [0.2, 0.25) is 11.8 Å². The molecule has 1 fully saturated rings. The first-order valence-electron chi connectivity index (χ1n) is 5.77. The van der Waals surface area contributed by atoms with Crippen molar-refractivity contribution in [3.63, 3.8) is 0 Å². The number of amides is 2. The van der Waals surface area contributed by atoms with Gasteiger partial charge in [0.05, 0.1) is 10.9 Å². The van der Waals surface area contributed by atoms with E-state index in [2.05, 4.69) is 15.4 Å². The average Bonchev–Trinajstić information content (AvgIpc) is 2.79. The van der Waals surface area contributed by atoms with Gasteiger partial charge in [0, 0.05) is 18.7 Å². The fourth-order valence-electron chi connectivity index (χ4n) is 1.81. The Kier molecular flexibility index (Phi) is 4.39. The Morgan fingerprint density at radius 3 is 2.80 bits per heavy atom. The van der Waals surface area contributed by atoms with Crippen LogP contribution in [0, 0.1) is 5.92 Å². The molecule has 1 atom stereocenters. The third-order valence-electron chi connectivity index (χ3n) is 2.76. The lowest BCUT2D eigenvalue weighted by molar-refractivity contribution is -0.123. The highest BCUT2D eigenvalue weighted by atomic mass is 35.5. The number of carbonyl (C=O) groups is 2. The minimum Gasteiger partial charge on any atom is -0.433 e. The van der Waals surface area contributed by atoms with Crippen molar-refractivity contribution >= 4 is 29.1 Å². The van der Waals surface area contributed by atoms with E-state index in [0.29, 0.717) is 5.69 Å². The number of benzene rings is 1. The molecule has 0 aromatic heterocycles. The fourth-order valence-corrected chi connectivity index (χ4v) is 2.03. The Balaban J connectivity index is 2.01. The molecule has 2 N–H and O–H groups in total. The van der Waals surface area contributed by atoms with Crippen LogP contribution >= 0.6 is 11.6 Å². The molecule has 20 heavy (non-hydrogen) atoms. The lowest BCUT2D eigenvalue weighted by Crippen LogP contribution is -2.24. The van der Waals surface area contributed by atoms with E-state index in [1.807, 2.05) is 0 Å². The van der Waals surface area contributed by atoms with Crippen LogP contribution in [0.5, 0.6) is 5.75 Å². The minimum absolute atomic E-state index is 0.0382. The van der Waals surface area contributed by atoms with Crippen LogP contribution in [0.2, 0.25) is 5.02 Å². The van der Waals surface area contributed by atoms with E-state index in [-0.39, 0.29) is 35.6 Å². The number of alkyl halides is 2. The van der Waals surface area contributed by atoms with Gasteiger partial charge in [-0.15, -0.1) is 0 Å². The zero-order valence-corrected chi connectivity index (χ0v) is 10.9. The number of halogens is 3. The number of hydrogen-bond donors (Lipinski definition) is 2. The van der Waals surface area contributed by atoms with Gasteiger partial charge in [0.15, 0.2) is 0 Å². The monoisotopic (exact) mass is 304 g/mol. The van der Waals surface area contributed by atoms with Crippen molar-refractivity contribution in [2.24, 2.45) is 5.92 Å². The number of anilines is 1. The van der Waals surface area contributed by atoms with Crippen molar-refractivity contribution in [2.75, 3.05) is 11.9 Å². The lowest BCUT2D eigenvalue weighted by atomic mass is 10.1. The van der Waals surface area contributed by atoms with E-state index < -0.39 is 12.5 Å². The zero-order valence-electron chi connectivity index (χ0n) is 10.2. The SMILES string of the molecule is O=C1CC(C(=O)Nc2ccc(OC(F)F)c(Cl)c2)CN1. The highest BCUT2D eigenvalue weighted by Gasteiger charge is 2.27. The predicted octanol–water partition coefficient (Wildman–Crippen LogP) is 2.02. The summed E-state index contributed by atoms with van der Waals surface area (Å²) in [4.78, 5) is 22.8. The number of ether oxygens (including phenoxy) is 1. The molecular formula is C12H11ClF2N2O3. The van der Waals surface area contributed by atoms with Gasteiger partial charge < -0.3 is 15.4 Å². The summed E-state index contributed by atoms with van der Waals surface area (Å²) < 4.78 is 28.3. The number of carbonyl (C=O) groups excluding carboxylic acids is 2. The van der Waals surface area contributed by atoms with Crippen LogP contribution in [0.4, 0.5) is 14.5 Å². The molecule has 0 radical (unpaired) electrons. The summed E-state index contributed by atoms with van der Waals surface area (Å²) >= 11 is 5.76. The summed E-state index contributed by atoms with van der Waals surface area (Å²) in [6.45, 7) is -2.69. The van der Waals surface area contributed by atoms with Gasteiger partial charge in [-0.2, -0.15) is 8.78 Å². The van der Waals surface area contributed by atoms with Crippen LogP contribution < -0.4 is 15.4 Å². The molecule has 1 unspecified atom stereocenters. The second-order valence-electron chi connectivity index (χ2n) is 4.22. The van der Waals surface area contributed by atoms with Crippen LogP contribution in [0.1, 0.15) is 6.42 Å². The molecule has 1 aromatic rings. The van der Waals surface area contributed by atoms with Gasteiger partial charge in [-0.05, 0) is 18.2 Å². The predicted molar refractivity (Wildman–Crippen MR) is 67.8 cm³/mol. The molecule has 5 nitrogen and oxygen atoms in total. The topological polar surface area (TPSA) is 67.4 Å². The zero-order chi connectivity index (χ0) is 14.7. The molecule has 0 saturated carbocycles. The number of hydrogen-bond acceptors (Lipinski definition) is 3. The average molecular weight is 305 g/mol. The van der Waals surface area contributed by atoms with E-state index in [1.165, 1.54) is 18.2 Å². The van der Waals surface area contributed by atoms with E-state index in [1.54, 1.807) is 0 Å². The van der Waals surface area contributed by atoms with E-state index in [4.69, 9.17) is 11.6 Å². The fraction of sp³-hybridized carbons (Fsp3) is 0.333. The number of rotatable bonds is 4. The summed E-state index contributed by atoms with van der Waals surface area (Å²) in [5.74, 6) is -1.12. The Bertz CT molecular complexity index is 539. The summed E-state index contributed by atoms with van der Waals surface area (Å²) in [5, 5.41) is 5.08. The molecule has 0 spiro atoms. The first kappa shape index (κ1) is 14.5. The van der Waals surface area contributed by atoms with Crippen molar-refractivity contribution < 1.29 is 23.1 Å². The quantitative estimate of drug-likeness (QED) is 0.894. The van der Waals surface area contributed by atoms with Crippen molar-refractivity contribution in [3.8, 4) is 5.75 Å². The maximum atomic E-state index is 12.1. The Labute approximate surface area is 118 Å². The van der Waals surface area contributed by atoms with Gasteiger partial charge in [-0.1, -0.05) is 11.6 Å². The molecule has 1 aliphatic heterocycles. The van der Waals surface area contributed by atoms with Gasteiger partial charge in [-0.25, -0.2) is 0 Å². The standard InChI is InChI=1S/C12H11ClF2N2O3/c13-8-4-7(1-2-9(8)20-12(14)15)17-11(19)6-3-10(18)16-5-6/h1-2,4,6,12H,3,5H2,(H,16,18)(H,17,19). The third kappa shape index (κ3) is 3.57. The van der Waals surface area contributed by atoms with Gasteiger partial charge in [0.25, 0.3) is 0 Å². The van der Waals surface area contributed by atoms with Gasteiger partial charge in [0.1, 0.15) is 5.75 Å². The summed E-state index contributed by atoms with van der Waals surface area (Å²) in [7, 11) is 0. The van der Waals surface area contributed by atoms with Crippen molar-refractivity contribution in [1.82, 2.24) is 5.32 Å². The van der Waals surface area contributed by atoms with E-state index in [9.17, 15) is 18.4 Å². The van der Waals surface area contributed by atoms with Crippen LogP contribution in [0.25, 0.3) is 0 Å². The van der Waals surface area contributed by atoms with Crippen molar-refractivity contribution in [1.29, 1.82) is 0 Å². The highest BCUT2D eigenvalue weighted by molar-refractivity contribution is 6.32. The van der Waals surface area contributed by atoms with Gasteiger partial charge >= 0.3 is 6.61 Å². The molecule has 8 heteroatoms. The maximum absolute atomic E-state index is 12.1. The molecule has 1 heterocycles. The van der Waals surface area contributed by atoms with E-state index >= 15 is 0 Å². The molecule has 1 aliphatic rings. The molecule has 1 aromatic carbocycles. The molecule has 108 valence electrons. The summed E-state index contributed by atoms with van der Waals surface area (Å²) in [6, 6.07) is 3.94. The Morgan fingerprint density at radius 2 is 2.25 bits per heavy atom. The van der Waals surface area contributed by atoms with Crippen LogP contribution in [0.3, 0.4) is 0 Å². The second-order valence-corrected chi connectivity index (χ2v) is 4.63. The molecule has 0 aliphatic carbocycles. The molecule has 2 amide bonds. The first-order chi connectivity index (χ1) is 9.45. The minimum atomic E-state index is -2.97. The lowest BCUT2D eigenvalue weighted by Gasteiger charge is -2.11. The molecular weight excluding hydrogens is 294 g/mol. The van der Waals surface area contributed by atoms with Gasteiger partial charge in [-0.3, -0.25) is 9.59 Å². The largest absolute Gasteiger partial charge is 0.433 e. The summed E-state index contributed by atoms with van der Waals surface area (Å²) in [6.07, 6.45) is 0.131. The third-order valence-corrected chi connectivity index (χ3v) is 3.06. The summed E-state index contributed by atoms with van der Waals surface area (Å²) in [5.41, 5.74) is 0.348. The maximum Gasteiger partial charge on any atom is 0.387 e. The highest BCUT2D eigenvalue weighted by Crippen LogP contribution is 2.29.